The van der Waals surface area contributed by atoms with Gasteiger partial charge in [0.05, 0.1) is 12.2 Å². The summed E-state index contributed by atoms with van der Waals surface area (Å²) in [6.07, 6.45) is 0.933. The highest BCUT2D eigenvalue weighted by Crippen LogP contribution is 2.41. The zero-order valence-corrected chi connectivity index (χ0v) is 10.8. The smallest absolute Gasteiger partial charge is 0.271 e. The number of hydrogen-bond donors (Lipinski definition) is 3. The Balaban J connectivity index is 1.99. The van der Waals surface area contributed by atoms with Crippen molar-refractivity contribution in [3.8, 4) is 5.75 Å². The first-order valence-electron chi connectivity index (χ1n) is 5.80. The van der Waals surface area contributed by atoms with Crippen LogP contribution in [0, 0.1) is 5.82 Å². The maximum absolute atomic E-state index is 13.4. The summed E-state index contributed by atoms with van der Waals surface area (Å²) in [5.74, 6) is -1.81. The van der Waals surface area contributed by atoms with Crippen LogP contribution in [-0.4, -0.2) is 35.0 Å². The maximum Gasteiger partial charge on any atom is 0.271 e. The number of nitrogens with two attached hydrogens (primary N) is 1. The molecule has 9 heteroatoms. The Bertz CT molecular complexity index is 626. The predicted octanol–water partition coefficient (Wildman–Crippen LogP) is -0.209. The number of halogens is 2. The van der Waals surface area contributed by atoms with Gasteiger partial charge in [-0.2, -0.15) is 0 Å². The van der Waals surface area contributed by atoms with Crippen LogP contribution in [0.5, 0.6) is 5.75 Å². The molecular weight excluding hydrogens is 291 g/mol. The van der Waals surface area contributed by atoms with Gasteiger partial charge in [0.15, 0.2) is 17.4 Å². The molecule has 7 nitrogen and oxygen atoms in total. The number of primary amides is 1. The number of pyridine rings is 1. The van der Waals surface area contributed by atoms with Crippen molar-refractivity contribution >= 4 is 29.2 Å². The lowest BCUT2D eigenvalue weighted by Gasteiger charge is -2.33. The second-order valence-corrected chi connectivity index (χ2v) is 5.07. The molecule has 20 heavy (non-hydrogen) atoms. The minimum Gasteiger partial charge on any atom is -0.470 e. The summed E-state index contributed by atoms with van der Waals surface area (Å²) in [4.78, 5) is 27.0. The highest BCUT2D eigenvalue weighted by molar-refractivity contribution is 6.32. The van der Waals surface area contributed by atoms with Gasteiger partial charge in [-0.25, -0.2) is 9.37 Å². The van der Waals surface area contributed by atoms with E-state index in [1.54, 1.807) is 0 Å². The Morgan fingerprint density at radius 2 is 2.40 bits per heavy atom. The molecule has 1 spiro atoms. The van der Waals surface area contributed by atoms with Gasteiger partial charge in [-0.05, 0) is 0 Å². The number of hydrogen-bond acceptors (Lipinski definition) is 5. The molecule has 2 aliphatic heterocycles. The van der Waals surface area contributed by atoms with Crippen LogP contribution in [0.2, 0.25) is 5.02 Å². The molecule has 0 aliphatic carbocycles. The minimum atomic E-state index is -1.34. The Morgan fingerprint density at radius 1 is 1.65 bits per heavy atom. The molecule has 2 aliphatic rings. The first kappa shape index (κ1) is 13.1. The van der Waals surface area contributed by atoms with Gasteiger partial charge >= 0.3 is 0 Å². The van der Waals surface area contributed by atoms with E-state index in [-0.39, 0.29) is 29.6 Å². The average Bonchev–Trinajstić information content (AvgIpc) is 2.83. The van der Waals surface area contributed by atoms with E-state index in [2.05, 4.69) is 15.6 Å². The Labute approximate surface area is 117 Å². The van der Waals surface area contributed by atoms with Crippen molar-refractivity contribution < 1.29 is 18.7 Å². The van der Waals surface area contributed by atoms with Crippen LogP contribution < -0.4 is 21.1 Å². The van der Waals surface area contributed by atoms with Crippen LogP contribution in [0.1, 0.15) is 6.42 Å². The van der Waals surface area contributed by atoms with Crippen molar-refractivity contribution in [1.29, 1.82) is 0 Å². The van der Waals surface area contributed by atoms with E-state index < -0.39 is 29.3 Å². The van der Waals surface area contributed by atoms with E-state index in [1.165, 1.54) is 0 Å². The standard InChI is InChI=1S/C11H10ClFN4O3/c12-6-4(13)2-15-9-7(6)20-11(10(19)17-9)1-5(8(14)18)16-3-11/h2,5,16H,1,3H2,(H2,14,18)(H,15,17,19)/t5-,11+/m0/s1. The number of nitrogens with one attached hydrogen (secondary N) is 2. The molecule has 1 aromatic heterocycles. The Morgan fingerprint density at radius 3 is 3.05 bits per heavy atom. The van der Waals surface area contributed by atoms with Crippen molar-refractivity contribution in [3.05, 3.63) is 17.0 Å². The molecule has 0 radical (unpaired) electrons. The first-order valence-corrected chi connectivity index (χ1v) is 6.18. The molecular formula is C11H10ClFN4O3. The number of rotatable bonds is 1. The number of aromatic nitrogens is 1. The van der Waals surface area contributed by atoms with E-state index in [1.807, 2.05) is 0 Å². The summed E-state index contributed by atoms with van der Waals surface area (Å²) in [5, 5.41) is 5.03. The lowest BCUT2D eigenvalue weighted by Crippen LogP contribution is -2.52. The minimum absolute atomic E-state index is 0.0421. The molecule has 106 valence electrons. The Kier molecular flexibility index (Phi) is 2.80. The quantitative estimate of drug-likeness (QED) is 0.665. The number of carbonyl (C=O) groups excluding carboxylic acids is 2. The number of amides is 2. The highest BCUT2D eigenvalue weighted by atomic mass is 35.5. The summed E-state index contributed by atoms with van der Waals surface area (Å²) < 4.78 is 19.0. The van der Waals surface area contributed by atoms with Gasteiger partial charge in [0.2, 0.25) is 11.5 Å². The van der Waals surface area contributed by atoms with Crippen molar-refractivity contribution in [3.63, 3.8) is 0 Å². The molecule has 0 unspecified atom stereocenters. The van der Waals surface area contributed by atoms with Crippen LogP contribution in [0.15, 0.2) is 6.20 Å². The molecule has 2 amide bonds. The summed E-state index contributed by atoms with van der Waals surface area (Å²) >= 11 is 5.82. The fourth-order valence-electron chi connectivity index (χ4n) is 2.31. The number of ether oxygens (including phenoxy) is 1. The average molecular weight is 301 g/mol. The molecule has 1 aromatic rings. The first-order chi connectivity index (χ1) is 9.43. The zero-order chi connectivity index (χ0) is 14.5. The largest absolute Gasteiger partial charge is 0.470 e. The third-order valence-corrected chi connectivity index (χ3v) is 3.74. The maximum atomic E-state index is 13.4. The van der Waals surface area contributed by atoms with Gasteiger partial charge in [-0.15, -0.1) is 0 Å². The third kappa shape index (κ3) is 1.80. The van der Waals surface area contributed by atoms with E-state index >= 15 is 0 Å². The lowest BCUT2D eigenvalue weighted by atomic mass is 9.97. The molecule has 4 N–H and O–H groups in total. The van der Waals surface area contributed by atoms with Crippen molar-refractivity contribution in [2.75, 3.05) is 11.9 Å². The van der Waals surface area contributed by atoms with E-state index in [9.17, 15) is 14.0 Å². The van der Waals surface area contributed by atoms with Crippen LogP contribution in [-0.2, 0) is 9.59 Å². The van der Waals surface area contributed by atoms with Crippen LogP contribution in [0.3, 0.4) is 0 Å². The monoisotopic (exact) mass is 300 g/mol. The van der Waals surface area contributed by atoms with Crippen molar-refractivity contribution in [2.45, 2.75) is 18.1 Å². The van der Waals surface area contributed by atoms with Gasteiger partial charge in [0.25, 0.3) is 5.91 Å². The van der Waals surface area contributed by atoms with E-state index in [0.29, 0.717) is 0 Å². The van der Waals surface area contributed by atoms with Crippen molar-refractivity contribution in [1.82, 2.24) is 10.3 Å². The number of carbonyl (C=O) groups is 2. The van der Waals surface area contributed by atoms with E-state index in [4.69, 9.17) is 22.1 Å². The summed E-state index contributed by atoms with van der Waals surface area (Å²) in [6, 6.07) is -0.692. The van der Waals surface area contributed by atoms with Gasteiger partial charge in [-0.1, -0.05) is 11.6 Å². The summed E-state index contributed by atoms with van der Waals surface area (Å²) in [5.41, 5.74) is 3.85. The van der Waals surface area contributed by atoms with Crippen LogP contribution >= 0.6 is 11.6 Å². The molecule has 0 aromatic carbocycles. The van der Waals surface area contributed by atoms with Gasteiger partial charge in [-0.3, -0.25) is 9.59 Å². The van der Waals surface area contributed by atoms with Crippen LogP contribution in [0.4, 0.5) is 10.2 Å². The topological polar surface area (TPSA) is 106 Å². The SMILES string of the molecule is NC(=O)[C@@H]1C[C@]2(CN1)Oc1c(ncc(F)c1Cl)NC2=O. The fourth-order valence-corrected chi connectivity index (χ4v) is 2.49. The molecule has 1 fully saturated rings. The highest BCUT2D eigenvalue weighted by Gasteiger charge is 2.52. The molecule has 3 heterocycles. The van der Waals surface area contributed by atoms with Crippen LogP contribution in [0.25, 0.3) is 0 Å². The van der Waals surface area contributed by atoms with Gasteiger partial charge in [0, 0.05) is 13.0 Å². The van der Waals surface area contributed by atoms with Gasteiger partial charge in [0.1, 0.15) is 5.02 Å². The fraction of sp³-hybridized carbons (Fsp3) is 0.364. The molecule has 3 rings (SSSR count). The number of nitrogens with zero attached hydrogens (tertiary/aromatic N) is 1. The molecule has 2 atom stereocenters. The third-order valence-electron chi connectivity index (χ3n) is 3.39. The normalized spacial score (nSPS) is 27.9. The van der Waals surface area contributed by atoms with Gasteiger partial charge < -0.3 is 21.1 Å². The second-order valence-electron chi connectivity index (χ2n) is 4.69. The zero-order valence-electron chi connectivity index (χ0n) is 10.1. The molecule has 0 bridgehead atoms. The lowest BCUT2D eigenvalue weighted by molar-refractivity contribution is -0.131. The summed E-state index contributed by atoms with van der Waals surface area (Å²) in [7, 11) is 0. The number of fused-ring (bicyclic) bond motifs is 1. The Hall–Kier alpha value is -1.93. The molecule has 0 saturated carbocycles. The van der Waals surface area contributed by atoms with Crippen molar-refractivity contribution in [2.24, 2.45) is 5.73 Å². The molecule has 1 saturated heterocycles. The predicted molar refractivity (Wildman–Crippen MR) is 66.8 cm³/mol. The number of anilines is 1. The summed E-state index contributed by atoms with van der Waals surface area (Å²) in [6.45, 7) is 0.0682. The second kappa shape index (κ2) is 4.29. The van der Waals surface area contributed by atoms with E-state index in [0.717, 1.165) is 6.20 Å².